The summed E-state index contributed by atoms with van der Waals surface area (Å²) in [5.41, 5.74) is 1.70. The first-order valence-corrected chi connectivity index (χ1v) is 7.17. The molecular formula is C16H19FN2O. The van der Waals surface area contributed by atoms with Gasteiger partial charge in [-0.1, -0.05) is 6.92 Å². The number of hydrogen-bond acceptors (Lipinski definition) is 1. The topological polar surface area (TPSA) is 36.1 Å². The van der Waals surface area contributed by atoms with Crippen LogP contribution in [-0.2, 0) is 11.2 Å². The van der Waals surface area contributed by atoms with E-state index >= 15 is 0 Å². The molecule has 20 heavy (non-hydrogen) atoms. The number of rotatable bonds is 2. The van der Waals surface area contributed by atoms with E-state index in [1.165, 1.54) is 18.6 Å². The smallest absolute Gasteiger partial charge is 0.227 e. The highest BCUT2D eigenvalue weighted by Gasteiger charge is 2.21. The van der Waals surface area contributed by atoms with Gasteiger partial charge in [0.25, 0.3) is 0 Å². The van der Waals surface area contributed by atoms with Crippen LogP contribution in [0.4, 0.5) is 4.39 Å². The van der Waals surface area contributed by atoms with Crippen LogP contribution in [0.5, 0.6) is 0 Å². The summed E-state index contributed by atoms with van der Waals surface area (Å²) >= 11 is 0. The summed E-state index contributed by atoms with van der Waals surface area (Å²) < 4.78 is 13.1. The molecule has 0 aliphatic carbocycles. The maximum atomic E-state index is 13.1. The van der Waals surface area contributed by atoms with Gasteiger partial charge in [-0.05, 0) is 42.5 Å². The van der Waals surface area contributed by atoms with Crippen LogP contribution in [-0.4, -0.2) is 28.9 Å². The fourth-order valence-electron chi connectivity index (χ4n) is 3.00. The van der Waals surface area contributed by atoms with Crippen LogP contribution in [0.25, 0.3) is 10.9 Å². The highest BCUT2D eigenvalue weighted by Crippen LogP contribution is 2.22. The van der Waals surface area contributed by atoms with Gasteiger partial charge in [0.2, 0.25) is 5.91 Å². The van der Waals surface area contributed by atoms with Gasteiger partial charge in [0.1, 0.15) is 5.82 Å². The summed E-state index contributed by atoms with van der Waals surface area (Å²) in [6.07, 6.45) is 4.50. The molecule has 1 amide bonds. The Morgan fingerprint density at radius 1 is 1.50 bits per heavy atom. The van der Waals surface area contributed by atoms with E-state index in [0.29, 0.717) is 12.3 Å². The van der Waals surface area contributed by atoms with Crippen LogP contribution in [0.1, 0.15) is 25.3 Å². The minimum absolute atomic E-state index is 0.168. The number of aromatic nitrogens is 1. The molecule has 0 radical (unpaired) electrons. The first kappa shape index (κ1) is 13.2. The number of H-pyrrole nitrogens is 1. The summed E-state index contributed by atoms with van der Waals surface area (Å²) in [5.74, 6) is 0.494. The average molecular weight is 274 g/mol. The van der Waals surface area contributed by atoms with Crippen LogP contribution in [0.3, 0.4) is 0 Å². The lowest BCUT2D eigenvalue weighted by atomic mass is 9.99. The van der Waals surface area contributed by atoms with Gasteiger partial charge < -0.3 is 9.88 Å². The van der Waals surface area contributed by atoms with Crippen LogP contribution >= 0.6 is 0 Å². The van der Waals surface area contributed by atoms with Crippen molar-refractivity contribution < 1.29 is 9.18 Å². The molecule has 1 N–H and O–H groups in total. The van der Waals surface area contributed by atoms with Crippen molar-refractivity contribution in [3.63, 3.8) is 0 Å². The van der Waals surface area contributed by atoms with Crippen LogP contribution in [0, 0.1) is 11.7 Å². The lowest BCUT2D eigenvalue weighted by Crippen LogP contribution is -2.39. The number of nitrogens with zero attached hydrogens (tertiary/aromatic N) is 1. The lowest BCUT2D eigenvalue weighted by molar-refractivity contribution is -0.132. The van der Waals surface area contributed by atoms with Crippen LogP contribution in [0.2, 0.25) is 0 Å². The fourth-order valence-corrected chi connectivity index (χ4v) is 3.00. The number of aromatic amines is 1. The Kier molecular flexibility index (Phi) is 3.47. The third-order valence-corrected chi connectivity index (χ3v) is 4.08. The van der Waals surface area contributed by atoms with Crippen LogP contribution in [0.15, 0.2) is 24.4 Å². The summed E-state index contributed by atoms with van der Waals surface area (Å²) in [5, 5.41) is 0.935. The predicted molar refractivity (Wildman–Crippen MR) is 76.9 cm³/mol. The van der Waals surface area contributed by atoms with E-state index in [0.717, 1.165) is 36.0 Å². The molecule has 1 unspecified atom stereocenters. The number of likely N-dealkylation sites (tertiary alicyclic amines) is 1. The second-order valence-electron chi connectivity index (χ2n) is 5.77. The quantitative estimate of drug-likeness (QED) is 0.897. The molecule has 1 aromatic heterocycles. The molecule has 0 bridgehead atoms. The van der Waals surface area contributed by atoms with Crippen molar-refractivity contribution in [3.8, 4) is 0 Å². The Morgan fingerprint density at radius 3 is 3.15 bits per heavy atom. The monoisotopic (exact) mass is 274 g/mol. The Morgan fingerprint density at radius 2 is 2.35 bits per heavy atom. The molecule has 1 atom stereocenters. The van der Waals surface area contributed by atoms with Gasteiger partial charge in [-0.2, -0.15) is 0 Å². The Labute approximate surface area is 117 Å². The molecule has 1 aliphatic rings. The van der Waals surface area contributed by atoms with E-state index in [1.54, 1.807) is 6.07 Å². The molecule has 106 valence electrons. The molecule has 0 saturated carbocycles. The van der Waals surface area contributed by atoms with Gasteiger partial charge in [0.15, 0.2) is 0 Å². The first-order valence-electron chi connectivity index (χ1n) is 7.17. The lowest BCUT2D eigenvalue weighted by Gasteiger charge is -2.31. The van der Waals surface area contributed by atoms with Gasteiger partial charge >= 0.3 is 0 Å². The Hall–Kier alpha value is -1.84. The average Bonchev–Trinajstić information content (AvgIpc) is 2.81. The second-order valence-corrected chi connectivity index (χ2v) is 5.77. The van der Waals surface area contributed by atoms with Crippen LogP contribution < -0.4 is 0 Å². The summed E-state index contributed by atoms with van der Waals surface area (Å²) in [4.78, 5) is 17.3. The predicted octanol–water partition coefficient (Wildman–Crippen LogP) is 3.11. The van der Waals surface area contributed by atoms with Gasteiger partial charge in [-0.15, -0.1) is 0 Å². The van der Waals surface area contributed by atoms with E-state index < -0.39 is 0 Å². The number of piperidine rings is 1. The molecule has 3 rings (SSSR count). The van der Waals surface area contributed by atoms with Crippen molar-refractivity contribution in [2.45, 2.75) is 26.2 Å². The van der Waals surface area contributed by atoms with Gasteiger partial charge in [-0.3, -0.25) is 4.79 Å². The summed E-state index contributed by atoms with van der Waals surface area (Å²) in [6.45, 7) is 3.91. The van der Waals surface area contributed by atoms with E-state index in [9.17, 15) is 9.18 Å². The molecular weight excluding hydrogens is 255 g/mol. The van der Waals surface area contributed by atoms with Gasteiger partial charge in [0, 0.05) is 30.2 Å². The third-order valence-electron chi connectivity index (χ3n) is 4.08. The van der Waals surface area contributed by atoms with E-state index in [-0.39, 0.29) is 11.7 Å². The maximum absolute atomic E-state index is 13.1. The Balaban J connectivity index is 1.77. The fraction of sp³-hybridized carbons (Fsp3) is 0.438. The highest BCUT2D eigenvalue weighted by atomic mass is 19.1. The number of amides is 1. The minimum atomic E-state index is -0.262. The van der Waals surface area contributed by atoms with Crippen molar-refractivity contribution in [2.24, 2.45) is 5.92 Å². The van der Waals surface area contributed by atoms with Gasteiger partial charge in [-0.25, -0.2) is 4.39 Å². The molecule has 3 nitrogen and oxygen atoms in total. The van der Waals surface area contributed by atoms with Crippen molar-refractivity contribution >= 4 is 16.8 Å². The highest BCUT2D eigenvalue weighted by molar-refractivity contribution is 5.89. The molecule has 2 heterocycles. The molecule has 1 fully saturated rings. The zero-order chi connectivity index (χ0) is 14.1. The van der Waals surface area contributed by atoms with Crippen molar-refractivity contribution in [3.05, 3.63) is 35.8 Å². The number of halogens is 1. The summed E-state index contributed by atoms with van der Waals surface area (Å²) in [6, 6.07) is 4.64. The number of nitrogens with one attached hydrogen (secondary N) is 1. The molecule has 1 aliphatic heterocycles. The maximum Gasteiger partial charge on any atom is 0.227 e. The van der Waals surface area contributed by atoms with Crippen molar-refractivity contribution in [2.75, 3.05) is 13.1 Å². The van der Waals surface area contributed by atoms with Crippen molar-refractivity contribution in [1.82, 2.24) is 9.88 Å². The largest absolute Gasteiger partial charge is 0.361 e. The second kappa shape index (κ2) is 5.27. The molecule has 1 saturated heterocycles. The number of carbonyl (C=O) groups is 1. The molecule has 4 heteroatoms. The van der Waals surface area contributed by atoms with Crippen molar-refractivity contribution in [1.29, 1.82) is 0 Å². The van der Waals surface area contributed by atoms with E-state index in [1.807, 2.05) is 11.1 Å². The number of carbonyl (C=O) groups excluding carboxylic acids is 1. The molecule has 0 spiro atoms. The minimum Gasteiger partial charge on any atom is -0.361 e. The number of hydrogen-bond donors (Lipinski definition) is 1. The SMILES string of the molecule is CC1CCCN(C(=O)Cc2c[nH]c3cc(F)ccc23)C1. The number of benzene rings is 1. The Bertz CT molecular complexity index is 634. The zero-order valence-corrected chi connectivity index (χ0v) is 11.7. The van der Waals surface area contributed by atoms with Gasteiger partial charge in [0.05, 0.1) is 6.42 Å². The standard InChI is InChI=1S/C16H19FN2O/c1-11-3-2-6-19(10-11)16(20)7-12-9-18-15-8-13(17)4-5-14(12)15/h4-5,8-9,11,18H,2-3,6-7,10H2,1H3. The molecule has 2 aromatic rings. The molecule has 1 aromatic carbocycles. The normalized spacial score (nSPS) is 19.5. The van der Waals surface area contributed by atoms with E-state index in [2.05, 4.69) is 11.9 Å². The third kappa shape index (κ3) is 2.55. The summed E-state index contributed by atoms with van der Waals surface area (Å²) in [7, 11) is 0. The zero-order valence-electron chi connectivity index (χ0n) is 11.7. The first-order chi connectivity index (χ1) is 9.63. The van der Waals surface area contributed by atoms with E-state index in [4.69, 9.17) is 0 Å². The number of fused-ring (bicyclic) bond motifs is 1.